The molecule has 4 rings (SSSR count). The molecule has 0 atom stereocenters. The van der Waals surface area contributed by atoms with Crippen LogP contribution in [0.1, 0.15) is 23.0 Å². The van der Waals surface area contributed by atoms with E-state index < -0.39 is 36.4 Å². The van der Waals surface area contributed by atoms with Gasteiger partial charge in [0.15, 0.2) is 0 Å². The SMILES string of the molecule is CN(Cc1cn2c(n1)CN(Cc1ccccn1)CC2)Cc1ccco1.O=C(O)C(F)(F)F.O=C(O)C(F)(F)F.O=C(O)C(F)(F)F. The monoisotopic (exact) mass is 679 g/mol. The molecule has 46 heavy (non-hydrogen) atoms. The van der Waals surface area contributed by atoms with E-state index in [1.807, 2.05) is 30.5 Å². The first kappa shape index (κ1) is 39.4. The summed E-state index contributed by atoms with van der Waals surface area (Å²) in [6, 6.07) is 10.0. The highest BCUT2D eigenvalue weighted by Crippen LogP contribution is 2.17. The number of carboxylic acids is 3. The zero-order chi connectivity index (χ0) is 35.3. The van der Waals surface area contributed by atoms with Crippen LogP contribution in [0.5, 0.6) is 0 Å². The molecule has 256 valence electrons. The van der Waals surface area contributed by atoms with Crippen LogP contribution >= 0.6 is 0 Å². The van der Waals surface area contributed by atoms with E-state index in [4.69, 9.17) is 39.1 Å². The number of aromatic nitrogens is 3. The van der Waals surface area contributed by atoms with Crippen LogP contribution in [0.15, 0.2) is 53.4 Å². The van der Waals surface area contributed by atoms with Gasteiger partial charge in [-0.05, 0) is 31.3 Å². The van der Waals surface area contributed by atoms with Gasteiger partial charge in [0.05, 0.1) is 30.7 Å². The first-order valence-corrected chi connectivity index (χ1v) is 12.4. The molecule has 1 aliphatic heterocycles. The minimum absolute atomic E-state index is 0.793. The highest BCUT2D eigenvalue weighted by molar-refractivity contribution is 5.73. The molecule has 0 radical (unpaired) electrons. The average Bonchev–Trinajstić information content (AvgIpc) is 3.57. The largest absolute Gasteiger partial charge is 0.490 e. The van der Waals surface area contributed by atoms with Gasteiger partial charge in [0, 0.05) is 38.6 Å². The van der Waals surface area contributed by atoms with Gasteiger partial charge in [0.1, 0.15) is 11.6 Å². The normalized spacial score (nSPS) is 13.2. The predicted molar refractivity (Wildman–Crippen MR) is 136 cm³/mol. The molecule has 21 heteroatoms. The van der Waals surface area contributed by atoms with Crippen molar-refractivity contribution < 1.29 is 73.6 Å². The van der Waals surface area contributed by atoms with Crippen molar-refractivity contribution >= 4 is 17.9 Å². The number of halogens is 9. The summed E-state index contributed by atoms with van der Waals surface area (Å²) in [4.78, 5) is 40.6. The van der Waals surface area contributed by atoms with Crippen LogP contribution in [-0.2, 0) is 47.1 Å². The predicted octanol–water partition coefficient (Wildman–Crippen LogP) is 4.42. The summed E-state index contributed by atoms with van der Waals surface area (Å²) in [6.45, 7) is 5.38. The van der Waals surface area contributed by atoms with Crippen molar-refractivity contribution in [3.05, 3.63) is 72.0 Å². The number of alkyl halides is 9. The minimum atomic E-state index is -5.08. The summed E-state index contributed by atoms with van der Waals surface area (Å²) >= 11 is 0. The number of aliphatic carboxylic acids is 3. The van der Waals surface area contributed by atoms with Gasteiger partial charge in [-0.2, -0.15) is 39.5 Å². The number of carboxylic acid groups (broad SMARTS) is 3. The molecule has 12 nitrogen and oxygen atoms in total. The number of hydrogen-bond donors (Lipinski definition) is 3. The Balaban J connectivity index is 0.000000413. The van der Waals surface area contributed by atoms with Gasteiger partial charge in [-0.15, -0.1) is 0 Å². The van der Waals surface area contributed by atoms with Gasteiger partial charge in [0.25, 0.3) is 0 Å². The van der Waals surface area contributed by atoms with Crippen LogP contribution in [0.4, 0.5) is 39.5 Å². The van der Waals surface area contributed by atoms with E-state index in [9.17, 15) is 39.5 Å². The average molecular weight is 679 g/mol. The molecule has 0 amide bonds. The molecule has 3 aromatic heterocycles. The highest BCUT2D eigenvalue weighted by Gasteiger charge is 2.39. The molecule has 1 aliphatic rings. The van der Waals surface area contributed by atoms with Crippen LogP contribution in [0.25, 0.3) is 0 Å². The first-order valence-electron chi connectivity index (χ1n) is 12.4. The number of carbonyl (C=O) groups is 3. The molecule has 4 heterocycles. The summed E-state index contributed by atoms with van der Waals surface area (Å²) in [5.74, 6) is -6.15. The smallest absolute Gasteiger partial charge is 0.475 e. The van der Waals surface area contributed by atoms with E-state index in [0.29, 0.717) is 0 Å². The lowest BCUT2D eigenvalue weighted by atomic mass is 10.3. The lowest BCUT2D eigenvalue weighted by molar-refractivity contribution is -0.193. The molecule has 3 N–H and O–H groups in total. The number of pyridine rings is 1. The minimum Gasteiger partial charge on any atom is -0.475 e. The van der Waals surface area contributed by atoms with Crippen molar-refractivity contribution in [2.45, 2.75) is 51.3 Å². The summed E-state index contributed by atoms with van der Waals surface area (Å²) in [7, 11) is 2.09. The Hall–Kier alpha value is -4.66. The Kier molecular flexibility index (Phi) is 14.7. The van der Waals surface area contributed by atoms with Gasteiger partial charge in [0.2, 0.25) is 0 Å². The number of fused-ring (bicyclic) bond motifs is 1. The molecule has 0 fully saturated rings. The van der Waals surface area contributed by atoms with Gasteiger partial charge in [-0.25, -0.2) is 19.4 Å². The van der Waals surface area contributed by atoms with Crippen molar-refractivity contribution in [1.29, 1.82) is 0 Å². The Labute approximate surface area is 253 Å². The van der Waals surface area contributed by atoms with Crippen molar-refractivity contribution in [1.82, 2.24) is 24.3 Å². The molecule has 0 saturated carbocycles. The third-order valence-corrected chi connectivity index (χ3v) is 5.21. The molecule has 0 bridgehead atoms. The quantitative estimate of drug-likeness (QED) is 0.316. The zero-order valence-electron chi connectivity index (χ0n) is 23.5. The van der Waals surface area contributed by atoms with E-state index in [2.05, 4.69) is 38.7 Å². The summed E-state index contributed by atoms with van der Waals surface area (Å²) in [5.41, 5.74) is 2.23. The summed E-state index contributed by atoms with van der Waals surface area (Å²) < 4.78 is 103. The molecule has 0 aromatic carbocycles. The molecule has 0 aliphatic carbocycles. The molecule has 0 unspecified atom stereocenters. The molecule has 0 spiro atoms. The Bertz CT molecular complexity index is 1320. The maximum atomic E-state index is 10.6. The van der Waals surface area contributed by atoms with Crippen LogP contribution in [0.2, 0.25) is 0 Å². The van der Waals surface area contributed by atoms with Crippen molar-refractivity contribution in [2.75, 3.05) is 13.6 Å². The van der Waals surface area contributed by atoms with E-state index in [1.54, 1.807) is 6.26 Å². The standard InChI is InChI=1S/C19H23N5O.3C2HF3O2/c1-22(14-18-6-4-10-25-18)11-17-13-24-9-8-23(15-19(24)21-17)12-16-5-2-3-7-20-16;3*3-2(4,5)1(6)7/h2-7,10,13H,8-9,11-12,14-15H2,1H3;3*(H,6,7). The van der Waals surface area contributed by atoms with Crippen LogP contribution in [0, 0.1) is 0 Å². The van der Waals surface area contributed by atoms with Crippen molar-refractivity contribution in [3.8, 4) is 0 Å². The second-order valence-corrected chi connectivity index (χ2v) is 9.03. The second-order valence-electron chi connectivity index (χ2n) is 9.03. The number of imidazole rings is 1. The van der Waals surface area contributed by atoms with Crippen LogP contribution in [-0.4, -0.2) is 89.7 Å². The second kappa shape index (κ2) is 17.1. The number of rotatable bonds is 6. The van der Waals surface area contributed by atoms with E-state index in [0.717, 1.165) is 62.2 Å². The third kappa shape index (κ3) is 15.4. The fraction of sp³-hybridized carbons (Fsp3) is 0.400. The van der Waals surface area contributed by atoms with Crippen molar-refractivity contribution in [2.24, 2.45) is 0 Å². The molecular formula is C25H26F9N5O7. The topological polar surface area (TPSA) is 162 Å². The highest BCUT2D eigenvalue weighted by atomic mass is 19.4. The van der Waals surface area contributed by atoms with Crippen molar-refractivity contribution in [3.63, 3.8) is 0 Å². The number of nitrogens with zero attached hydrogens (tertiary/aromatic N) is 5. The Morgan fingerprint density at radius 1 is 0.826 bits per heavy atom. The van der Waals surface area contributed by atoms with E-state index in [1.165, 1.54) is 0 Å². The Morgan fingerprint density at radius 3 is 1.80 bits per heavy atom. The molecule has 3 aromatic rings. The lowest BCUT2D eigenvalue weighted by Gasteiger charge is -2.27. The summed E-state index contributed by atoms with van der Waals surface area (Å²) in [5, 5.41) is 21.4. The fourth-order valence-electron chi connectivity index (χ4n) is 3.29. The Morgan fingerprint density at radius 2 is 1.37 bits per heavy atom. The van der Waals surface area contributed by atoms with Crippen LogP contribution < -0.4 is 0 Å². The van der Waals surface area contributed by atoms with E-state index >= 15 is 0 Å². The van der Waals surface area contributed by atoms with Gasteiger partial charge >= 0.3 is 36.4 Å². The molecule has 0 saturated heterocycles. The maximum Gasteiger partial charge on any atom is 0.490 e. The first-order chi connectivity index (χ1) is 21.1. The maximum absolute atomic E-state index is 10.6. The van der Waals surface area contributed by atoms with E-state index in [-0.39, 0.29) is 0 Å². The summed E-state index contributed by atoms with van der Waals surface area (Å²) in [6.07, 6.45) is -9.49. The zero-order valence-corrected chi connectivity index (χ0v) is 23.5. The van der Waals surface area contributed by atoms with Gasteiger partial charge < -0.3 is 24.3 Å². The fourth-order valence-corrected chi connectivity index (χ4v) is 3.29. The van der Waals surface area contributed by atoms with Gasteiger partial charge in [-0.1, -0.05) is 6.07 Å². The number of hydrogen-bond acceptors (Lipinski definition) is 8. The van der Waals surface area contributed by atoms with Gasteiger partial charge in [-0.3, -0.25) is 14.8 Å². The lowest BCUT2D eigenvalue weighted by Crippen LogP contribution is -2.33. The number of furan rings is 1. The van der Waals surface area contributed by atoms with Crippen LogP contribution in [0.3, 0.4) is 0 Å². The third-order valence-electron chi connectivity index (χ3n) is 5.21. The molecular weight excluding hydrogens is 653 g/mol.